The highest BCUT2D eigenvalue weighted by Crippen LogP contribution is 2.12. The molecule has 0 saturated carbocycles. The van der Waals surface area contributed by atoms with Crippen LogP contribution in [0.4, 0.5) is 4.39 Å². The van der Waals surface area contributed by atoms with Gasteiger partial charge in [0.1, 0.15) is 5.82 Å². The van der Waals surface area contributed by atoms with Crippen molar-refractivity contribution in [3.8, 4) is 0 Å². The molecule has 3 rings (SSSR count). The molecule has 0 unspecified atom stereocenters. The Morgan fingerprint density at radius 1 is 1.14 bits per heavy atom. The van der Waals surface area contributed by atoms with Gasteiger partial charge in [-0.15, -0.1) is 0 Å². The third kappa shape index (κ3) is 3.31. The number of aromatic nitrogens is 2. The number of para-hydroxylation sites is 1. The van der Waals surface area contributed by atoms with Crippen LogP contribution in [-0.4, -0.2) is 15.7 Å². The number of halogens is 1. The SMILES string of the molecule is O=C(CCn1ncc2ccccc21)NCc1ccc(F)cc1. The number of amides is 1. The molecule has 1 amide bonds. The van der Waals surface area contributed by atoms with Gasteiger partial charge in [0.15, 0.2) is 0 Å². The van der Waals surface area contributed by atoms with E-state index >= 15 is 0 Å². The predicted octanol–water partition coefficient (Wildman–Crippen LogP) is 2.88. The quantitative estimate of drug-likeness (QED) is 0.787. The second kappa shape index (κ2) is 6.39. The number of carbonyl (C=O) groups is 1. The lowest BCUT2D eigenvalue weighted by atomic mass is 10.2. The molecular formula is C17H16FN3O. The van der Waals surface area contributed by atoms with E-state index in [2.05, 4.69) is 10.4 Å². The summed E-state index contributed by atoms with van der Waals surface area (Å²) >= 11 is 0. The number of carbonyl (C=O) groups excluding carboxylic acids is 1. The molecule has 0 aliphatic carbocycles. The van der Waals surface area contributed by atoms with E-state index in [-0.39, 0.29) is 11.7 Å². The first-order chi connectivity index (χ1) is 10.7. The number of hydrogen-bond acceptors (Lipinski definition) is 2. The minimum atomic E-state index is -0.277. The van der Waals surface area contributed by atoms with Crippen LogP contribution in [0.1, 0.15) is 12.0 Å². The van der Waals surface area contributed by atoms with Crippen molar-refractivity contribution < 1.29 is 9.18 Å². The number of hydrogen-bond donors (Lipinski definition) is 1. The van der Waals surface area contributed by atoms with E-state index < -0.39 is 0 Å². The van der Waals surface area contributed by atoms with E-state index in [1.165, 1.54) is 12.1 Å². The second-order valence-corrected chi connectivity index (χ2v) is 5.08. The van der Waals surface area contributed by atoms with Crippen LogP contribution in [0.5, 0.6) is 0 Å². The molecule has 4 nitrogen and oxygen atoms in total. The first kappa shape index (κ1) is 14.3. The van der Waals surface area contributed by atoms with Crippen LogP contribution >= 0.6 is 0 Å². The fraction of sp³-hybridized carbons (Fsp3) is 0.176. The third-order valence-corrected chi connectivity index (χ3v) is 3.50. The molecular weight excluding hydrogens is 281 g/mol. The van der Waals surface area contributed by atoms with Crippen molar-refractivity contribution in [1.82, 2.24) is 15.1 Å². The molecule has 0 spiro atoms. The van der Waals surface area contributed by atoms with Gasteiger partial charge in [-0.2, -0.15) is 5.10 Å². The summed E-state index contributed by atoms with van der Waals surface area (Å²) in [4.78, 5) is 11.9. The summed E-state index contributed by atoms with van der Waals surface area (Å²) in [6.07, 6.45) is 2.15. The van der Waals surface area contributed by atoms with Crippen molar-refractivity contribution >= 4 is 16.8 Å². The van der Waals surface area contributed by atoms with Crippen LogP contribution in [0.15, 0.2) is 54.7 Å². The zero-order chi connectivity index (χ0) is 15.4. The standard InChI is InChI=1S/C17H16FN3O/c18-15-7-5-13(6-8-15)11-19-17(22)9-10-21-16-4-2-1-3-14(16)12-20-21/h1-8,12H,9-11H2,(H,19,22). The summed E-state index contributed by atoms with van der Waals surface area (Å²) in [6, 6.07) is 14.0. The lowest BCUT2D eigenvalue weighted by molar-refractivity contribution is -0.121. The molecule has 22 heavy (non-hydrogen) atoms. The monoisotopic (exact) mass is 297 g/mol. The molecule has 5 heteroatoms. The number of nitrogens with zero attached hydrogens (tertiary/aromatic N) is 2. The van der Waals surface area contributed by atoms with Crippen LogP contribution in [0.25, 0.3) is 10.9 Å². The molecule has 0 radical (unpaired) electrons. The fourth-order valence-electron chi connectivity index (χ4n) is 2.30. The maximum atomic E-state index is 12.8. The summed E-state index contributed by atoms with van der Waals surface area (Å²) in [6.45, 7) is 0.932. The Morgan fingerprint density at radius 3 is 2.73 bits per heavy atom. The maximum absolute atomic E-state index is 12.8. The smallest absolute Gasteiger partial charge is 0.222 e. The molecule has 3 aromatic rings. The lowest BCUT2D eigenvalue weighted by Crippen LogP contribution is -2.24. The van der Waals surface area contributed by atoms with Crippen molar-refractivity contribution in [1.29, 1.82) is 0 Å². The molecule has 0 saturated heterocycles. The Hall–Kier alpha value is -2.69. The fourth-order valence-corrected chi connectivity index (χ4v) is 2.30. The molecule has 1 aromatic heterocycles. The highest BCUT2D eigenvalue weighted by Gasteiger charge is 2.05. The van der Waals surface area contributed by atoms with Gasteiger partial charge in [-0.25, -0.2) is 4.39 Å². The van der Waals surface area contributed by atoms with Crippen LogP contribution in [0, 0.1) is 5.82 Å². The zero-order valence-electron chi connectivity index (χ0n) is 12.0. The number of fused-ring (bicyclic) bond motifs is 1. The van der Waals surface area contributed by atoms with Crippen molar-refractivity contribution in [2.45, 2.75) is 19.5 Å². The van der Waals surface area contributed by atoms with Gasteiger partial charge in [0, 0.05) is 18.4 Å². The minimum Gasteiger partial charge on any atom is -0.352 e. The zero-order valence-corrected chi connectivity index (χ0v) is 12.0. The van der Waals surface area contributed by atoms with E-state index in [1.807, 2.05) is 28.9 Å². The number of aryl methyl sites for hydroxylation is 1. The Bertz CT molecular complexity index is 780. The number of rotatable bonds is 5. The number of benzene rings is 2. The summed E-state index contributed by atoms with van der Waals surface area (Å²) < 4.78 is 14.6. The van der Waals surface area contributed by atoms with Crippen LogP contribution in [0.3, 0.4) is 0 Å². The average Bonchev–Trinajstić information content (AvgIpc) is 2.96. The van der Waals surface area contributed by atoms with Gasteiger partial charge >= 0.3 is 0 Å². The first-order valence-corrected chi connectivity index (χ1v) is 7.14. The minimum absolute atomic E-state index is 0.0519. The molecule has 0 aliphatic heterocycles. The molecule has 0 aliphatic rings. The third-order valence-electron chi connectivity index (χ3n) is 3.50. The molecule has 112 valence electrons. The second-order valence-electron chi connectivity index (χ2n) is 5.08. The largest absolute Gasteiger partial charge is 0.352 e. The van der Waals surface area contributed by atoms with Gasteiger partial charge in [-0.05, 0) is 23.8 Å². The topological polar surface area (TPSA) is 46.9 Å². The van der Waals surface area contributed by atoms with E-state index in [4.69, 9.17) is 0 Å². The molecule has 0 bridgehead atoms. The molecule has 1 heterocycles. The van der Waals surface area contributed by atoms with Gasteiger partial charge in [0.05, 0.1) is 18.3 Å². The Kier molecular flexibility index (Phi) is 4.14. The highest BCUT2D eigenvalue weighted by molar-refractivity contribution is 5.79. The molecule has 1 N–H and O–H groups in total. The van der Waals surface area contributed by atoms with E-state index in [9.17, 15) is 9.18 Å². The Balaban J connectivity index is 1.53. The normalized spacial score (nSPS) is 10.8. The van der Waals surface area contributed by atoms with Gasteiger partial charge in [0.2, 0.25) is 5.91 Å². The van der Waals surface area contributed by atoms with E-state index in [0.717, 1.165) is 16.5 Å². The predicted molar refractivity (Wildman–Crippen MR) is 82.6 cm³/mol. The van der Waals surface area contributed by atoms with Crippen LogP contribution in [0.2, 0.25) is 0 Å². The molecule has 0 fully saturated rings. The van der Waals surface area contributed by atoms with Gasteiger partial charge < -0.3 is 5.32 Å². The van der Waals surface area contributed by atoms with Gasteiger partial charge in [0.25, 0.3) is 0 Å². The van der Waals surface area contributed by atoms with Crippen molar-refractivity contribution in [2.24, 2.45) is 0 Å². The van der Waals surface area contributed by atoms with E-state index in [0.29, 0.717) is 19.5 Å². The highest BCUT2D eigenvalue weighted by atomic mass is 19.1. The van der Waals surface area contributed by atoms with Crippen molar-refractivity contribution in [2.75, 3.05) is 0 Å². The summed E-state index contributed by atoms with van der Waals surface area (Å²) in [5, 5.41) is 8.18. The van der Waals surface area contributed by atoms with Crippen LogP contribution in [-0.2, 0) is 17.9 Å². The molecule has 0 atom stereocenters. The number of nitrogens with one attached hydrogen (secondary N) is 1. The first-order valence-electron chi connectivity index (χ1n) is 7.14. The summed E-state index contributed by atoms with van der Waals surface area (Å²) in [5.41, 5.74) is 1.90. The Morgan fingerprint density at radius 2 is 1.91 bits per heavy atom. The maximum Gasteiger partial charge on any atom is 0.222 e. The molecule has 2 aromatic carbocycles. The lowest BCUT2D eigenvalue weighted by Gasteiger charge is -2.06. The van der Waals surface area contributed by atoms with E-state index in [1.54, 1.807) is 18.3 Å². The Labute approximate surface area is 127 Å². The van der Waals surface area contributed by atoms with Crippen LogP contribution < -0.4 is 5.32 Å². The summed E-state index contributed by atoms with van der Waals surface area (Å²) in [7, 11) is 0. The van der Waals surface area contributed by atoms with Crippen molar-refractivity contribution in [3.05, 3.63) is 66.1 Å². The van der Waals surface area contributed by atoms with Gasteiger partial charge in [-0.3, -0.25) is 9.48 Å². The van der Waals surface area contributed by atoms with Crippen molar-refractivity contribution in [3.63, 3.8) is 0 Å². The average molecular weight is 297 g/mol. The van der Waals surface area contributed by atoms with Gasteiger partial charge in [-0.1, -0.05) is 30.3 Å². The summed E-state index contributed by atoms with van der Waals surface area (Å²) in [5.74, 6) is -0.329.